The van der Waals surface area contributed by atoms with Crippen LogP contribution >= 0.6 is 0 Å². The minimum atomic E-state index is -0.0647. The Bertz CT molecular complexity index is 856. The second kappa shape index (κ2) is 7.21. The Hall–Kier alpha value is -3.08. The number of likely N-dealkylation sites (N-methyl/N-ethyl adjacent to an activating group) is 1. The summed E-state index contributed by atoms with van der Waals surface area (Å²) in [5.41, 5.74) is 4.47. The summed E-state index contributed by atoms with van der Waals surface area (Å²) < 4.78 is 1.85. The van der Waals surface area contributed by atoms with Crippen molar-refractivity contribution in [2.75, 3.05) is 23.8 Å². The van der Waals surface area contributed by atoms with E-state index in [-0.39, 0.29) is 12.5 Å². The van der Waals surface area contributed by atoms with Gasteiger partial charge in [-0.2, -0.15) is 5.10 Å². The summed E-state index contributed by atoms with van der Waals surface area (Å²) in [7, 11) is 1.90. The molecule has 1 aromatic heterocycles. The number of nitrogens with zero attached hydrogens (tertiary/aromatic N) is 3. The molecule has 2 aromatic carbocycles. The Kier molecular flexibility index (Phi) is 4.84. The predicted molar refractivity (Wildman–Crippen MR) is 101 cm³/mol. The third kappa shape index (κ3) is 3.71. The molecule has 5 heteroatoms. The van der Waals surface area contributed by atoms with Gasteiger partial charge in [-0.25, -0.2) is 4.68 Å². The van der Waals surface area contributed by atoms with Crippen LogP contribution in [-0.4, -0.2) is 29.3 Å². The molecule has 0 aliphatic heterocycles. The lowest BCUT2D eigenvalue weighted by Gasteiger charge is -2.18. The lowest BCUT2D eigenvalue weighted by molar-refractivity contribution is -0.114. The normalized spacial score (nSPS) is 10.5. The third-order valence-corrected chi connectivity index (χ3v) is 4.13. The number of hydrogen-bond acceptors (Lipinski definition) is 3. The Balaban J connectivity index is 1.75. The number of benzene rings is 2. The Labute approximate surface area is 147 Å². The number of aromatic nitrogens is 2. The smallest absolute Gasteiger partial charge is 0.243 e. The second-order valence-corrected chi connectivity index (χ2v) is 6.03. The van der Waals surface area contributed by atoms with Gasteiger partial charge in [0.05, 0.1) is 29.3 Å². The van der Waals surface area contributed by atoms with Crippen LogP contribution in [0.1, 0.15) is 11.4 Å². The van der Waals surface area contributed by atoms with E-state index in [4.69, 9.17) is 0 Å². The van der Waals surface area contributed by atoms with Crippen LogP contribution in [0.15, 0.2) is 60.7 Å². The zero-order chi connectivity index (χ0) is 17.8. The number of amides is 1. The van der Waals surface area contributed by atoms with E-state index in [0.717, 1.165) is 28.5 Å². The molecule has 0 saturated carbocycles. The van der Waals surface area contributed by atoms with Crippen molar-refractivity contribution in [3.8, 4) is 5.69 Å². The molecule has 1 heterocycles. The quantitative estimate of drug-likeness (QED) is 0.776. The first-order valence-electron chi connectivity index (χ1n) is 8.24. The highest BCUT2D eigenvalue weighted by Gasteiger charge is 2.16. The van der Waals surface area contributed by atoms with E-state index in [9.17, 15) is 4.79 Å². The van der Waals surface area contributed by atoms with Crippen molar-refractivity contribution < 1.29 is 4.79 Å². The fraction of sp³-hybridized carbons (Fsp3) is 0.200. The Morgan fingerprint density at radius 2 is 1.64 bits per heavy atom. The average molecular weight is 334 g/mol. The van der Waals surface area contributed by atoms with Crippen LogP contribution in [0.4, 0.5) is 11.4 Å². The average Bonchev–Trinajstić information content (AvgIpc) is 2.91. The number of para-hydroxylation sites is 2. The number of anilines is 2. The SMILES string of the molecule is Cc1nn(-c2ccccc2)c(C)c1NC(=O)CN(C)c1ccccc1. The molecule has 0 unspecified atom stereocenters. The molecule has 0 bridgehead atoms. The van der Waals surface area contributed by atoms with Crippen molar-refractivity contribution in [2.45, 2.75) is 13.8 Å². The summed E-state index contributed by atoms with van der Waals surface area (Å²) in [6.45, 7) is 4.14. The fourth-order valence-electron chi connectivity index (χ4n) is 2.81. The summed E-state index contributed by atoms with van der Waals surface area (Å²) in [6, 6.07) is 19.7. The van der Waals surface area contributed by atoms with Gasteiger partial charge in [-0.05, 0) is 38.1 Å². The number of hydrogen-bond donors (Lipinski definition) is 1. The largest absolute Gasteiger partial charge is 0.365 e. The number of carbonyl (C=O) groups is 1. The van der Waals surface area contributed by atoms with Crippen LogP contribution in [0.2, 0.25) is 0 Å². The van der Waals surface area contributed by atoms with Gasteiger partial charge in [0, 0.05) is 12.7 Å². The van der Waals surface area contributed by atoms with Crippen LogP contribution in [0.3, 0.4) is 0 Å². The summed E-state index contributed by atoms with van der Waals surface area (Å²) in [4.78, 5) is 14.4. The van der Waals surface area contributed by atoms with Crippen molar-refractivity contribution in [3.63, 3.8) is 0 Å². The summed E-state index contributed by atoms with van der Waals surface area (Å²) >= 11 is 0. The van der Waals surface area contributed by atoms with E-state index < -0.39 is 0 Å². The fourth-order valence-corrected chi connectivity index (χ4v) is 2.81. The zero-order valence-corrected chi connectivity index (χ0v) is 14.7. The Morgan fingerprint density at radius 1 is 1.04 bits per heavy atom. The van der Waals surface area contributed by atoms with Gasteiger partial charge in [-0.15, -0.1) is 0 Å². The number of nitrogens with one attached hydrogen (secondary N) is 1. The molecule has 0 saturated heterocycles. The molecule has 128 valence electrons. The van der Waals surface area contributed by atoms with Crippen molar-refractivity contribution in [3.05, 3.63) is 72.1 Å². The lowest BCUT2D eigenvalue weighted by Crippen LogP contribution is -2.30. The number of carbonyl (C=O) groups excluding carboxylic acids is 1. The molecule has 0 aliphatic rings. The molecule has 3 aromatic rings. The molecular formula is C20H22N4O. The zero-order valence-electron chi connectivity index (χ0n) is 14.7. The van der Waals surface area contributed by atoms with Gasteiger partial charge in [0.25, 0.3) is 0 Å². The Morgan fingerprint density at radius 3 is 2.28 bits per heavy atom. The molecule has 1 N–H and O–H groups in total. The minimum Gasteiger partial charge on any atom is -0.365 e. The highest BCUT2D eigenvalue weighted by atomic mass is 16.2. The molecule has 3 rings (SSSR count). The van der Waals surface area contributed by atoms with Gasteiger partial charge in [-0.3, -0.25) is 4.79 Å². The van der Waals surface area contributed by atoms with Gasteiger partial charge >= 0.3 is 0 Å². The standard InChI is InChI=1S/C20H22N4O/c1-15-20(16(2)24(22-15)18-12-8-5-9-13-18)21-19(25)14-23(3)17-10-6-4-7-11-17/h4-13H,14H2,1-3H3,(H,21,25). The number of rotatable bonds is 5. The van der Waals surface area contributed by atoms with Gasteiger partial charge in [0.2, 0.25) is 5.91 Å². The monoisotopic (exact) mass is 334 g/mol. The summed E-state index contributed by atoms with van der Waals surface area (Å²) in [5, 5.41) is 7.56. The van der Waals surface area contributed by atoms with Crippen LogP contribution < -0.4 is 10.2 Å². The second-order valence-electron chi connectivity index (χ2n) is 6.03. The first-order chi connectivity index (χ1) is 12.1. The molecule has 0 atom stereocenters. The van der Waals surface area contributed by atoms with E-state index in [2.05, 4.69) is 10.4 Å². The first-order valence-corrected chi connectivity index (χ1v) is 8.24. The topological polar surface area (TPSA) is 50.2 Å². The molecule has 0 aliphatic carbocycles. The highest BCUT2D eigenvalue weighted by molar-refractivity contribution is 5.95. The van der Waals surface area contributed by atoms with Gasteiger partial charge in [0.1, 0.15) is 0 Å². The van der Waals surface area contributed by atoms with Crippen LogP contribution in [0.5, 0.6) is 0 Å². The van der Waals surface area contributed by atoms with E-state index in [1.54, 1.807) is 0 Å². The molecule has 0 spiro atoms. The molecule has 25 heavy (non-hydrogen) atoms. The van der Waals surface area contributed by atoms with E-state index in [1.165, 1.54) is 0 Å². The van der Waals surface area contributed by atoms with Crippen molar-refractivity contribution in [2.24, 2.45) is 0 Å². The van der Waals surface area contributed by atoms with Crippen LogP contribution in [0, 0.1) is 13.8 Å². The molecule has 0 fully saturated rings. The highest BCUT2D eigenvalue weighted by Crippen LogP contribution is 2.22. The minimum absolute atomic E-state index is 0.0647. The van der Waals surface area contributed by atoms with Gasteiger partial charge in [-0.1, -0.05) is 36.4 Å². The van der Waals surface area contributed by atoms with Crippen molar-refractivity contribution >= 4 is 17.3 Å². The predicted octanol–water partition coefficient (Wildman–Crippen LogP) is 3.56. The van der Waals surface area contributed by atoms with Gasteiger partial charge in [0.15, 0.2) is 0 Å². The maximum absolute atomic E-state index is 12.5. The summed E-state index contributed by atoms with van der Waals surface area (Å²) in [5.74, 6) is -0.0647. The molecular weight excluding hydrogens is 312 g/mol. The van der Waals surface area contributed by atoms with Crippen molar-refractivity contribution in [1.29, 1.82) is 0 Å². The van der Waals surface area contributed by atoms with Crippen LogP contribution in [-0.2, 0) is 4.79 Å². The van der Waals surface area contributed by atoms with Crippen molar-refractivity contribution in [1.82, 2.24) is 9.78 Å². The summed E-state index contributed by atoms with van der Waals surface area (Å²) in [6.07, 6.45) is 0. The van der Waals surface area contributed by atoms with E-state index in [1.807, 2.05) is 91.1 Å². The van der Waals surface area contributed by atoms with E-state index in [0.29, 0.717) is 0 Å². The first kappa shape index (κ1) is 16.8. The molecule has 0 radical (unpaired) electrons. The van der Waals surface area contributed by atoms with E-state index >= 15 is 0 Å². The van der Waals surface area contributed by atoms with Crippen LogP contribution in [0.25, 0.3) is 5.69 Å². The maximum Gasteiger partial charge on any atom is 0.243 e. The molecule has 1 amide bonds. The molecule has 5 nitrogen and oxygen atoms in total. The van der Waals surface area contributed by atoms with Gasteiger partial charge < -0.3 is 10.2 Å². The third-order valence-electron chi connectivity index (χ3n) is 4.13. The maximum atomic E-state index is 12.5. The number of aryl methyl sites for hydroxylation is 1. The lowest BCUT2D eigenvalue weighted by atomic mass is 10.2.